The summed E-state index contributed by atoms with van der Waals surface area (Å²) >= 11 is 3.40. The normalized spacial score (nSPS) is 10.2. The number of carboxylic acid groups (broad SMARTS) is 1. The Balaban J connectivity index is 2.15. The summed E-state index contributed by atoms with van der Waals surface area (Å²) in [6.45, 7) is 2.30. The number of carbonyl (C=O) groups is 1. The van der Waals surface area contributed by atoms with E-state index in [1.165, 1.54) is 0 Å². The minimum atomic E-state index is -0.952. The van der Waals surface area contributed by atoms with Crippen LogP contribution in [-0.2, 0) is 6.61 Å². The molecule has 0 fully saturated rings. The van der Waals surface area contributed by atoms with E-state index in [4.69, 9.17) is 9.84 Å². The Morgan fingerprint density at radius 3 is 2.74 bits per heavy atom. The van der Waals surface area contributed by atoms with Gasteiger partial charge in [0.05, 0.1) is 5.56 Å². The number of ether oxygens (including phenoxy) is 1. The van der Waals surface area contributed by atoms with Crippen molar-refractivity contribution in [2.45, 2.75) is 13.5 Å². The lowest BCUT2D eigenvalue weighted by atomic mass is 10.1. The average molecular weight is 321 g/mol. The third-order valence-corrected chi connectivity index (χ3v) is 3.21. The van der Waals surface area contributed by atoms with Gasteiger partial charge in [-0.25, -0.2) is 4.79 Å². The summed E-state index contributed by atoms with van der Waals surface area (Å²) < 4.78 is 6.67. The molecule has 19 heavy (non-hydrogen) atoms. The van der Waals surface area contributed by atoms with E-state index in [2.05, 4.69) is 15.9 Å². The Morgan fingerprint density at radius 2 is 2.05 bits per heavy atom. The number of halogens is 1. The van der Waals surface area contributed by atoms with E-state index in [0.29, 0.717) is 12.4 Å². The predicted molar refractivity (Wildman–Crippen MR) is 76.6 cm³/mol. The van der Waals surface area contributed by atoms with Crippen LogP contribution in [0.3, 0.4) is 0 Å². The van der Waals surface area contributed by atoms with Crippen LogP contribution >= 0.6 is 15.9 Å². The van der Waals surface area contributed by atoms with Crippen LogP contribution in [0.1, 0.15) is 21.5 Å². The van der Waals surface area contributed by atoms with Gasteiger partial charge in [-0.15, -0.1) is 0 Å². The van der Waals surface area contributed by atoms with Gasteiger partial charge in [-0.3, -0.25) is 0 Å². The molecule has 0 saturated heterocycles. The maximum Gasteiger partial charge on any atom is 0.335 e. The molecule has 0 unspecified atom stereocenters. The van der Waals surface area contributed by atoms with Crippen molar-refractivity contribution in [1.29, 1.82) is 0 Å². The molecule has 98 valence electrons. The monoisotopic (exact) mass is 320 g/mol. The predicted octanol–water partition coefficient (Wildman–Crippen LogP) is 4.03. The first-order valence-electron chi connectivity index (χ1n) is 5.77. The van der Waals surface area contributed by atoms with Crippen LogP contribution in [0.5, 0.6) is 5.75 Å². The van der Waals surface area contributed by atoms with Crippen molar-refractivity contribution < 1.29 is 14.6 Å². The van der Waals surface area contributed by atoms with E-state index in [9.17, 15) is 4.79 Å². The highest BCUT2D eigenvalue weighted by Crippen LogP contribution is 2.21. The van der Waals surface area contributed by atoms with Crippen LogP contribution in [0.2, 0.25) is 0 Å². The molecule has 0 aliphatic rings. The molecule has 0 aromatic heterocycles. The van der Waals surface area contributed by atoms with E-state index < -0.39 is 5.97 Å². The zero-order valence-corrected chi connectivity index (χ0v) is 12.0. The van der Waals surface area contributed by atoms with Gasteiger partial charge in [-0.1, -0.05) is 34.1 Å². The zero-order valence-electron chi connectivity index (χ0n) is 10.4. The van der Waals surface area contributed by atoms with E-state index >= 15 is 0 Å². The summed E-state index contributed by atoms with van der Waals surface area (Å²) in [5, 5.41) is 8.96. The van der Waals surface area contributed by atoms with Crippen LogP contribution in [0.15, 0.2) is 46.9 Å². The molecular weight excluding hydrogens is 308 g/mol. The topological polar surface area (TPSA) is 46.5 Å². The van der Waals surface area contributed by atoms with Crippen LogP contribution in [0.25, 0.3) is 0 Å². The van der Waals surface area contributed by atoms with Crippen LogP contribution in [0, 0.1) is 6.92 Å². The lowest BCUT2D eigenvalue weighted by Crippen LogP contribution is -2.01. The Hall–Kier alpha value is -1.81. The number of aromatic carboxylic acids is 1. The van der Waals surface area contributed by atoms with Gasteiger partial charge in [0.2, 0.25) is 0 Å². The number of hydrogen-bond donors (Lipinski definition) is 1. The lowest BCUT2D eigenvalue weighted by Gasteiger charge is -2.10. The Labute approximate surface area is 120 Å². The molecule has 0 atom stereocenters. The van der Waals surface area contributed by atoms with Crippen molar-refractivity contribution in [2.75, 3.05) is 0 Å². The fourth-order valence-electron chi connectivity index (χ4n) is 1.68. The zero-order chi connectivity index (χ0) is 13.8. The SMILES string of the molecule is Cc1ccc(C(=O)O)cc1OCc1cccc(Br)c1. The van der Waals surface area contributed by atoms with E-state index in [0.717, 1.165) is 15.6 Å². The molecule has 0 aliphatic carbocycles. The average Bonchev–Trinajstić information content (AvgIpc) is 2.37. The first-order valence-corrected chi connectivity index (χ1v) is 6.57. The highest BCUT2D eigenvalue weighted by Gasteiger charge is 2.07. The quantitative estimate of drug-likeness (QED) is 0.924. The molecule has 1 N–H and O–H groups in total. The number of benzene rings is 2. The van der Waals surface area contributed by atoms with Crippen LogP contribution < -0.4 is 4.74 Å². The standard InChI is InChI=1S/C15H13BrO3/c1-10-5-6-12(15(17)18)8-14(10)19-9-11-3-2-4-13(16)7-11/h2-8H,9H2,1H3,(H,17,18). The summed E-state index contributed by atoms with van der Waals surface area (Å²) in [6, 6.07) is 12.7. The fraction of sp³-hybridized carbons (Fsp3) is 0.133. The third kappa shape index (κ3) is 3.58. The lowest BCUT2D eigenvalue weighted by molar-refractivity contribution is 0.0696. The molecule has 2 rings (SSSR count). The molecule has 0 aliphatic heterocycles. The van der Waals surface area contributed by atoms with Gasteiger partial charge in [0.15, 0.2) is 0 Å². The van der Waals surface area contributed by atoms with E-state index in [-0.39, 0.29) is 5.56 Å². The van der Waals surface area contributed by atoms with Crippen LogP contribution in [0.4, 0.5) is 0 Å². The summed E-state index contributed by atoms with van der Waals surface area (Å²) in [5.41, 5.74) is 2.17. The number of aryl methyl sites for hydroxylation is 1. The minimum Gasteiger partial charge on any atom is -0.489 e. The molecule has 0 bridgehead atoms. The van der Waals surface area contributed by atoms with Gasteiger partial charge in [-0.2, -0.15) is 0 Å². The van der Waals surface area contributed by atoms with Crippen molar-refractivity contribution >= 4 is 21.9 Å². The van der Waals surface area contributed by atoms with E-state index in [1.54, 1.807) is 18.2 Å². The van der Waals surface area contributed by atoms with Gasteiger partial charge >= 0.3 is 5.97 Å². The second-order valence-electron chi connectivity index (χ2n) is 4.20. The third-order valence-electron chi connectivity index (χ3n) is 2.72. The first kappa shape index (κ1) is 13.6. The Bertz CT molecular complexity index is 608. The molecular formula is C15H13BrO3. The Morgan fingerprint density at radius 1 is 1.26 bits per heavy atom. The fourth-order valence-corrected chi connectivity index (χ4v) is 2.12. The highest BCUT2D eigenvalue weighted by atomic mass is 79.9. The van der Waals surface area contributed by atoms with Crippen molar-refractivity contribution in [2.24, 2.45) is 0 Å². The molecule has 0 spiro atoms. The van der Waals surface area contributed by atoms with Crippen molar-refractivity contribution in [1.82, 2.24) is 0 Å². The number of carboxylic acids is 1. The largest absolute Gasteiger partial charge is 0.489 e. The van der Waals surface area contributed by atoms with Gasteiger partial charge in [0.1, 0.15) is 12.4 Å². The van der Waals surface area contributed by atoms with Gasteiger partial charge in [-0.05, 0) is 42.3 Å². The van der Waals surface area contributed by atoms with Gasteiger partial charge < -0.3 is 9.84 Å². The molecule has 2 aromatic carbocycles. The van der Waals surface area contributed by atoms with Gasteiger partial charge in [0, 0.05) is 4.47 Å². The second kappa shape index (κ2) is 5.89. The first-order chi connectivity index (χ1) is 9.06. The maximum absolute atomic E-state index is 10.9. The minimum absolute atomic E-state index is 0.231. The van der Waals surface area contributed by atoms with Gasteiger partial charge in [0.25, 0.3) is 0 Å². The smallest absolute Gasteiger partial charge is 0.335 e. The summed E-state index contributed by atoms with van der Waals surface area (Å²) in [6.07, 6.45) is 0. The molecule has 3 nitrogen and oxygen atoms in total. The molecule has 2 aromatic rings. The molecule has 0 heterocycles. The number of hydrogen-bond acceptors (Lipinski definition) is 2. The summed E-state index contributed by atoms with van der Waals surface area (Å²) in [5.74, 6) is -0.354. The molecule has 0 saturated carbocycles. The van der Waals surface area contributed by atoms with Crippen molar-refractivity contribution in [3.05, 3.63) is 63.6 Å². The number of rotatable bonds is 4. The maximum atomic E-state index is 10.9. The highest BCUT2D eigenvalue weighted by molar-refractivity contribution is 9.10. The van der Waals surface area contributed by atoms with Crippen LogP contribution in [-0.4, -0.2) is 11.1 Å². The molecule has 0 radical (unpaired) electrons. The van der Waals surface area contributed by atoms with E-state index in [1.807, 2.05) is 31.2 Å². The molecule has 0 amide bonds. The second-order valence-corrected chi connectivity index (χ2v) is 5.12. The van der Waals surface area contributed by atoms with Crippen molar-refractivity contribution in [3.63, 3.8) is 0 Å². The summed E-state index contributed by atoms with van der Waals surface area (Å²) in [7, 11) is 0. The Kier molecular flexibility index (Phi) is 4.22. The van der Waals surface area contributed by atoms with Crippen molar-refractivity contribution in [3.8, 4) is 5.75 Å². The summed E-state index contributed by atoms with van der Waals surface area (Å²) in [4.78, 5) is 10.9. The molecule has 4 heteroatoms.